The normalized spacial score (nSPS) is 30.2. The lowest BCUT2D eigenvalue weighted by Crippen LogP contribution is -2.57. The number of carboxylic acids is 1. The summed E-state index contributed by atoms with van der Waals surface area (Å²) in [6.45, 7) is 6.70. The Balaban J connectivity index is 2.73. The first-order chi connectivity index (χ1) is 7.44. The van der Waals surface area contributed by atoms with E-state index in [0.717, 1.165) is 6.42 Å². The maximum atomic E-state index is 11.3. The third kappa shape index (κ3) is 2.55. The Kier molecular flexibility index (Phi) is 4.33. The van der Waals surface area contributed by atoms with Gasteiger partial charge < -0.3 is 10.4 Å². The van der Waals surface area contributed by atoms with Gasteiger partial charge in [-0.25, -0.2) is 0 Å². The molecule has 0 spiro atoms. The molecule has 4 heteroatoms. The van der Waals surface area contributed by atoms with Crippen molar-refractivity contribution in [3.05, 3.63) is 0 Å². The number of rotatable bonds is 5. The molecule has 3 atom stereocenters. The predicted octanol–water partition coefficient (Wildman–Crippen LogP) is 1.31. The Bertz CT molecular complexity index is 257. The first-order valence-corrected chi connectivity index (χ1v) is 6.12. The minimum atomic E-state index is -0.841. The summed E-state index contributed by atoms with van der Waals surface area (Å²) in [6, 6.07) is 1.04. The van der Waals surface area contributed by atoms with Crippen LogP contribution in [0.4, 0.5) is 0 Å². The zero-order chi connectivity index (χ0) is 12.3. The lowest BCUT2D eigenvalue weighted by atomic mass is 10.0. The molecule has 0 aromatic heterocycles. The van der Waals surface area contributed by atoms with Crippen LogP contribution in [0.1, 0.15) is 40.0 Å². The molecule has 0 aromatic carbocycles. The van der Waals surface area contributed by atoms with Crippen molar-refractivity contribution in [1.82, 2.24) is 10.2 Å². The molecule has 1 aliphatic heterocycles. The molecular weight excluding hydrogens is 204 g/mol. The van der Waals surface area contributed by atoms with Gasteiger partial charge in [-0.1, -0.05) is 6.92 Å². The van der Waals surface area contributed by atoms with Crippen molar-refractivity contribution in [2.75, 3.05) is 13.6 Å². The van der Waals surface area contributed by atoms with Crippen LogP contribution in [0.15, 0.2) is 0 Å². The van der Waals surface area contributed by atoms with Crippen molar-refractivity contribution in [1.29, 1.82) is 0 Å². The SMILES string of the molecule is CCC1CCC(C)N1CC(C)(NC)C(=O)O. The first-order valence-electron chi connectivity index (χ1n) is 6.12. The Morgan fingerprint density at radius 2 is 2.19 bits per heavy atom. The van der Waals surface area contributed by atoms with Gasteiger partial charge in [0.15, 0.2) is 0 Å². The summed E-state index contributed by atoms with van der Waals surface area (Å²) in [6.07, 6.45) is 3.47. The molecule has 94 valence electrons. The summed E-state index contributed by atoms with van der Waals surface area (Å²) < 4.78 is 0. The van der Waals surface area contributed by atoms with E-state index in [4.69, 9.17) is 0 Å². The average Bonchev–Trinajstić information content (AvgIpc) is 2.59. The molecule has 3 unspecified atom stereocenters. The summed E-state index contributed by atoms with van der Waals surface area (Å²) in [5.41, 5.74) is -0.841. The second-order valence-corrected chi connectivity index (χ2v) is 5.05. The molecule has 0 radical (unpaired) electrons. The first kappa shape index (κ1) is 13.5. The summed E-state index contributed by atoms with van der Waals surface area (Å²) in [5.74, 6) is -0.774. The van der Waals surface area contributed by atoms with E-state index in [2.05, 4.69) is 24.1 Å². The smallest absolute Gasteiger partial charge is 0.324 e. The fourth-order valence-corrected chi connectivity index (χ4v) is 2.47. The van der Waals surface area contributed by atoms with Crippen LogP contribution in [-0.4, -0.2) is 47.2 Å². The van der Waals surface area contributed by atoms with E-state index >= 15 is 0 Å². The minimum absolute atomic E-state index is 0.497. The van der Waals surface area contributed by atoms with E-state index < -0.39 is 11.5 Å². The highest BCUT2D eigenvalue weighted by molar-refractivity contribution is 5.78. The lowest BCUT2D eigenvalue weighted by molar-refractivity contribution is -0.145. The number of hydrogen-bond acceptors (Lipinski definition) is 3. The molecule has 4 nitrogen and oxygen atoms in total. The molecule has 1 aliphatic rings. The van der Waals surface area contributed by atoms with Crippen molar-refractivity contribution in [3.8, 4) is 0 Å². The van der Waals surface area contributed by atoms with Crippen LogP contribution in [0.5, 0.6) is 0 Å². The molecular formula is C12H24N2O2. The van der Waals surface area contributed by atoms with Gasteiger partial charge in [0, 0.05) is 18.6 Å². The van der Waals surface area contributed by atoms with Crippen molar-refractivity contribution < 1.29 is 9.90 Å². The molecule has 0 aromatic rings. The molecule has 0 bridgehead atoms. The van der Waals surface area contributed by atoms with Gasteiger partial charge in [0.2, 0.25) is 0 Å². The molecule has 16 heavy (non-hydrogen) atoms. The average molecular weight is 228 g/mol. The summed E-state index contributed by atoms with van der Waals surface area (Å²) in [4.78, 5) is 13.6. The van der Waals surface area contributed by atoms with Crippen molar-refractivity contribution in [2.45, 2.75) is 57.7 Å². The minimum Gasteiger partial charge on any atom is -0.480 e. The van der Waals surface area contributed by atoms with Crippen LogP contribution in [-0.2, 0) is 4.79 Å². The van der Waals surface area contributed by atoms with Gasteiger partial charge in [0.25, 0.3) is 0 Å². The van der Waals surface area contributed by atoms with E-state index in [1.807, 2.05) is 0 Å². The number of nitrogens with zero attached hydrogens (tertiary/aromatic N) is 1. The van der Waals surface area contributed by atoms with Crippen molar-refractivity contribution >= 4 is 5.97 Å². The third-order valence-electron chi connectivity index (χ3n) is 3.95. The lowest BCUT2D eigenvalue weighted by Gasteiger charge is -2.35. The molecule has 0 amide bonds. The Hall–Kier alpha value is -0.610. The zero-order valence-electron chi connectivity index (χ0n) is 10.8. The highest BCUT2D eigenvalue weighted by Crippen LogP contribution is 2.27. The number of likely N-dealkylation sites (tertiary alicyclic amines) is 1. The van der Waals surface area contributed by atoms with Crippen LogP contribution in [0, 0.1) is 0 Å². The van der Waals surface area contributed by atoms with Gasteiger partial charge in [-0.15, -0.1) is 0 Å². The fourth-order valence-electron chi connectivity index (χ4n) is 2.47. The second kappa shape index (κ2) is 5.15. The van der Waals surface area contributed by atoms with Crippen molar-refractivity contribution in [3.63, 3.8) is 0 Å². The molecule has 0 aliphatic carbocycles. The van der Waals surface area contributed by atoms with Gasteiger partial charge in [-0.3, -0.25) is 9.69 Å². The quantitative estimate of drug-likeness (QED) is 0.745. The summed E-state index contributed by atoms with van der Waals surface area (Å²) >= 11 is 0. The Labute approximate surface area is 98.0 Å². The van der Waals surface area contributed by atoms with E-state index in [-0.39, 0.29) is 0 Å². The zero-order valence-corrected chi connectivity index (χ0v) is 10.8. The van der Waals surface area contributed by atoms with Gasteiger partial charge in [0.1, 0.15) is 5.54 Å². The van der Waals surface area contributed by atoms with E-state index in [0.29, 0.717) is 18.6 Å². The third-order valence-corrected chi connectivity index (χ3v) is 3.95. The Morgan fingerprint density at radius 1 is 1.56 bits per heavy atom. The molecule has 1 fully saturated rings. The maximum Gasteiger partial charge on any atom is 0.324 e. The highest BCUT2D eigenvalue weighted by atomic mass is 16.4. The van der Waals surface area contributed by atoms with Crippen LogP contribution in [0.2, 0.25) is 0 Å². The number of carbonyl (C=O) groups is 1. The number of nitrogens with one attached hydrogen (secondary N) is 1. The van der Waals surface area contributed by atoms with Crippen LogP contribution in [0.3, 0.4) is 0 Å². The fraction of sp³-hybridized carbons (Fsp3) is 0.917. The van der Waals surface area contributed by atoms with E-state index in [9.17, 15) is 9.90 Å². The van der Waals surface area contributed by atoms with E-state index in [1.54, 1.807) is 14.0 Å². The topological polar surface area (TPSA) is 52.6 Å². The highest BCUT2D eigenvalue weighted by Gasteiger charge is 2.39. The maximum absolute atomic E-state index is 11.3. The van der Waals surface area contributed by atoms with Crippen molar-refractivity contribution in [2.24, 2.45) is 0 Å². The molecule has 1 rings (SSSR count). The van der Waals surface area contributed by atoms with Gasteiger partial charge in [0.05, 0.1) is 0 Å². The number of likely N-dealkylation sites (N-methyl/N-ethyl adjacent to an activating group) is 1. The summed E-state index contributed by atoms with van der Waals surface area (Å²) in [7, 11) is 1.72. The van der Waals surface area contributed by atoms with Crippen LogP contribution in [0.25, 0.3) is 0 Å². The predicted molar refractivity (Wildman–Crippen MR) is 64.6 cm³/mol. The van der Waals surface area contributed by atoms with Gasteiger partial charge in [-0.05, 0) is 40.2 Å². The molecule has 1 saturated heterocycles. The van der Waals surface area contributed by atoms with Gasteiger partial charge >= 0.3 is 5.97 Å². The monoisotopic (exact) mass is 228 g/mol. The number of carboxylic acid groups (broad SMARTS) is 1. The standard InChI is InChI=1S/C12H24N2O2/c1-5-10-7-6-9(2)14(10)8-12(3,13-4)11(15)16/h9-10,13H,5-8H2,1-4H3,(H,15,16). The largest absolute Gasteiger partial charge is 0.480 e. The second-order valence-electron chi connectivity index (χ2n) is 5.05. The van der Waals surface area contributed by atoms with Crippen LogP contribution < -0.4 is 5.32 Å². The van der Waals surface area contributed by atoms with Crippen LogP contribution >= 0.6 is 0 Å². The number of aliphatic carboxylic acids is 1. The Morgan fingerprint density at radius 3 is 2.62 bits per heavy atom. The summed E-state index contributed by atoms with van der Waals surface area (Å²) in [5, 5.41) is 12.2. The van der Waals surface area contributed by atoms with Gasteiger partial charge in [-0.2, -0.15) is 0 Å². The number of hydrogen-bond donors (Lipinski definition) is 2. The molecule has 2 N–H and O–H groups in total. The van der Waals surface area contributed by atoms with E-state index in [1.165, 1.54) is 12.8 Å². The molecule has 0 saturated carbocycles. The molecule has 1 heterocycles.